The Labute approximate surface area is 104 Å². The van der Waals surface area contributed by atoms with Crippen molar-refractivity contribution < 1.29 is 4.74 Å². The van der Waals surface area contributed by atoms with Crippen LogP contribution < -0.4 is 10.6 Å². The first kappa shape index (κ1) is 13.7. The van der Waals surface area contributed by atoms with Crippen LogP contribution in [0.5, 0.6) is 0 Å². The zero-order valence-electron chi connectivity index (χ0n) is 10.6. The van der Waals surface area contributed by atoms with Gasteiger partial charge >= 0.3 is 0 Å². The second-order valence-electron chi connectivity index (χ2n) is 4.99. The standard InChI is InChI=1S/C12H24N2OS/c1-9(2)8-13-12(16)14-10(3)11-4-6-15-7-5-11/h9-11H,4-8H2,1-3H3,(H2,13,14,16). The van der Waals surface area contributed by atoms with E-state index in [4.69, 9.17) is 17.0 Å². The van der Waals surface area contributed by atoms with Crippen molar-refractivity contribution in [3.05, 3.63) is 0 Å². The van der Waals surface area contributed by atoms with Crippen LogP contribution in [0.2, 0.25) is 0 Å². The van der Waals surface area contributed by atoms with Crippen LogP contribution in [0.3, 0.4) is 0 Å². The van der Waals surface area contributed by atoms with Gasteiger partial charge in [0.05, 0.1) is 0 Å². The topological polar surface area (TPSA) is 33.3 Å². The largest absolute Gasteiger partial charge is 0.381 e. The molecule has 1 aliphatic rings. The van der Waals surface area contributed by atoms with Crippen molar-refractivity contribution in [1.29, 1.82) is 0 Å². The van der Waals surface area contributed by atoms with E-state index in [9.17, 15) is 0 Å². The van der Waals surface area contributed by atoms with E-state index in [2.05, 4.69) is 31.4 Å². The summed E-state index contributed by atoms with van der Waals surface area (Å²) in [7, 11) is 0. The van der Waals surface area contributed by atoms with Crippen molar-refractivity contribution in [2.75, 3.05) is 19.8 Å². The zero-order chi connectivity index (χ0) is 12.0. The van der Waals surface area contributed by atoms with Crippen LogP contribution in [-0.2, 0) is 4.74 Å². The number of rotatable bonds is 4. The van der Waals surface area contributed by atoms with E-state index in [0.717, 1.165) is 37.7 Å². The lowest BCUT2D eigenvalue weighted by atomic mass is 9.93. The third-order valence-electron chi connectivity index (χ3n) is 3.00. The summed E-state index contributed by atoms with van der Waals surface area (Å²) >= 11 is 5.26. The monoisotopic (exact) mass is 244 g/mol. The van der Waals surface area contributed by atoms with E-state index in [-0.39, 0.29) is 0 Å². The lowest BCUT2D eigenvalue weighted by Gasteiger charge is -2.29. The second-order valence-corrected chi connectivity index (χ2v) is 5.39. The highest BCUT2D eigenvalue weighted by Gasteiger charge is 2.20. The van der Waals surface area contributed by atoms with Gasteiger partial charge in [0, 0.05) is 25.8 Å². The first-order chi connectivity index (χ1) is 7.59. The summed E-state index contributed by atoms with van der Waals surface area (Å²) in [5.41, 5.74) is 0. The Morgan fingerprint density at radius 1 is 1.31 bits per heavy atom. The van der Waals surface area contributed by atoms with Gasteiger partial charge in [0.2, 0.25) is 0 Å². The maximum absolute atomic E-state index is 5.36. The lowest BCUT2D eigenvalue weighted by molar-refractivity contribution is 0.0582. The zero-order valence-corrected chi connectivity index (χ0v) is 11.4. The summed E-state index contributed by atoms with van der Waals surface area (Å²) in [5, 5.41) is 7.40. The molecule has 0 aromatic heterocycles. The normalized spacial score (nSPS) is 19.5. The van der Waals surface area contributed by atoms with Crippen LogP contribution in [0.25, 0.3) is 0 Å². The Morgan fingerprint density at radius 2 is 1.94 bits per heavy atom. The van der Waals surface area contributed by atoms with Gasteiger partial charge in [-0.3, -0.25) is 0 Å². The molecule has 0 aromatic carbocycles. The Bertz CT molecular complexity index is 215. The van der Waals surface area contributed by atoms with Crippen molar-refractivity contribution in [2.45, 2.75) is 39.7 Å². The molecule has 1 atom stereocenters. The molecule has 0 amide bonds. The number of thiocarbonyl (C=S) groups is 1. The summed E-state index contributed by atoms with van der Waals surface area (Å²) in [4.78, 5) is 0. The van der Waals surface area contributed by atoms with Crippen LogP contribution in [0.1, 0.15) is 33.6 Å². The first-order valence-electron chi connectivity index (χ1n) is 6.21. The summed E-state index contributed by atoms with van der Waals surface area (Å²) in [5.74, 6) is 1.31. The molecule has 0 aliphatic carbocycles. The molecule has 1 aliphatic heterocycles. The Morgan fingerprint density at radius 3 is 2.50 bits per heavy atom. The van der Waals surface area contributed by atoms with E-state index >= 15 is 0 Å². The summed E-state index contributed by atoms with van der Waals surface area (Å²) in [6.45, 7) is 9.28. The molecule has 94 valence electrons. The van der Waals surface area contributed by atoms with Crippen molar-refractivity contribution in [3.63, 3.8) is 0 Å². The van der Waals surface area contributed by atoms with E-state index in [1.807, 2.05) is 0 Å². The van der Waals surface area contributed by atoms with Gasteiger partial charge in [-0.15, -0.1) is 0 Å². The average Bonchev–Trinajstić information content (AvgIpc) is 2.27. The van der Waals surface area contributed by atoms with E-state index in [1.54, 1.807) is 0 Å². The van der Waals surface area contributed by atoms with Crippen LogP contribution in [0, 0.1) is 11.8 Å². The Hall–Kier alpha value is -0.350. The predicted octanol–water partition coefficient (Wildman–Crippen LogP) is 1.92. The van der Waals surface area contributed by atoms with E-state index in [0.29, 0.717) is 17.9 Å². The van der Waals surface area contributed by atoms with Crippen molar-refractivity contribution in [3.8, 4) is 0 Å². The second kappa shape index (κ2) is 7.07. The van der Waals surface area contributed by atoms with Gasteiger partial charge in [-0.2, -0.15) is 0 Å². The Kier molecular flexibility index (Phi) is 6.06. The number of ether oxygens (including phenoxy) is 1. The number of nitrogens with one attached hydrogen (secondary N) is 2. The number of hydrogen-bond acceptors (Lipinski definition) is 2. The van der Waals surface area contributed by atoms with Gasteiger partial charge in [0.25, 0.3) is 0 Å². The molecule has 1 unspecified atom stereocenters. The van der Waals surface area contributed by atoms with Crippen LogP contribution in [0.4, 0.5) is 0 Å². The molecular weight excluding hydrogens is 220 g/mol. The molecule has 0 saturated carbocycles. The van der Waals surface area contributed by atoms with Gasteiger partial charge in [0.1, 0.15) is 0 Å². The fraction of sp³-hybridized carbons (Fsp3) is 0.917. The molecule has 2 N–H and O–H groups in total. The molecule has 0 aromatic rings. The summed E-state index contributed by atoms with van der Waals surface area (Å²) in [6.07, 6.45) is 2.28. The molecule has 1 fully saturated rings. The highest BCUT2D eigenvalue weighted by atomic mass is 32.1. The summed E-state index contributed by atoms with van der Waals surface area (Å²) < 4.78 is 5.36. The van der Waals surface area contributed by atoms with Gasteiger partial charge in [-0.25, -0.2) is 0 Å². The van der Waals surface area contributed by atoms with Crippen molar-refractivity contribution in [1.82, 2.24) is 10.6 Å². The van der Waals surface area contributed by atoms with E-state index in [1.165, 1.54) is 0 Å². The van der Waals surface area contributed by atoms with Gasteiger partial charge < -0.3 is 15.4 Å². The van der Waals surface area contributed by atoms with Gasteiger partial charge in [0.15, 0.2) is 5.11 Å². The van der Waals surface area contributed by atoms with Crippen LogP contribution >= 0.6 is 12.2 Å². The third kappa shape index (κ3) is 5.12. The molecular formula is C12H24N2OS. The maximum atomic E-state index is 5.36. The Balaban J connectivity index is 2.21. The van der Waals surface area contributed by atoms with Crippen LogP contribution in [0.15, 0.2) is 0 Å². The lowest BCUT2D eigenvalue weighted by Crippen LogP contribution is -2.45. The molecule has 0 radical (unpaired) electrons. The molecule has 0 bridgehead atoms. The SMILES string of the molecule is CC(C)CNC(=S)NC(C)C1CCOCC1. The minimum absolute atomic E-state index is 0.441. The first-order valence-corrected chi connectivity index (χ1v) is 6.62. The molecule has 4 heteroatoms. The highest BCUT2D eigenvalue weighted by molar-refractivity contribution is 7.80. The molecule has 16 heavy (non-hydrogen) atoms. The van der Waals surface area contributed by atoms with Gasteiger partial charge in [-0.1, -0.05) is 13.8 Å². The predicted molar refractivity (Wildman–Crippen MR) is 71.6 cm³/mol. The van der Waals surface area contributed by atoms with Crippen molar-refractivity contribution >= 4 is 17.3 Å². The minimum Gasteiger partial charge on any atom is -0.381 e. The highest BCUT2D eigenvalue weighted by Crippen LogP contribution is 2.18. The average molecular weight is 244 g/mol. The van der Waals surface area contributed by atoms with Crippen LogP contribution in [-0.4, -0.2) is 30.9 Å². The minimum atomic E-state index is 0.441. The smallest absolute Gasteiger partial charge is 0.166 e. The maximum Gasteiger partial charge on any atom is 0.166 e. The molecule has 3 nitrogen and oxygen atoms in total. The summed E-state index contributed by atoms with van der Waals surface area (Å²) in [6, 6.07) is 0.441. The fourth-order valence-electron chi connectivity index (χ4n) is 1.89. The number of hydrogen-bond donors (Lipinski definition) is 2. The molecule has 1 rings (SSSR count). The molecule has 1 saturated heterocycles. The molecule has 0 spiro atoms. The third-order valence-corrected chi connectivity index (χ3v) is 3.26. The van der Waals surface area contributed by atoms with Crippen molar-refractivity contribution in [2.24, 2.45) is 11.8 Å². The van der Waals surface area contributed by atoms with Gasteiger partial charge in [-0.05, 0) is 43.8 Å². The molecule has 1 heterocycles. The van der Waals surface area contributed by atoms with E-state index < -0.39 is 0 Å². The quantitative estimate of drug-likeness (QED) is 0.740. The fourth-order valence-corrected chi connectivity index (χ4v) is 2.16.